The number of carbonyl (C=O) groups excluding carboxylic acids is 1. The normalized spacial score (nSPS) is 16.1. The van der Waals surface area contributed by atoms with Gasteiger partial charge in [0.05, 0.1) is 33.6 Å². The largest absolute Gasteiger partial charge is 0.462 e. The summed E-state index contributed by atoms with van der Waals surface area (Å²) in [5.74, 6) is -3.62. The quantitative estimate of drug-likeness (QED) is 0.562. The molecule has 1 atom stereocenters. The van der Waals surface area contributed by atoms with E-state index in [4.69, 9.17) is 4.74 Å². The molecule has 1 aromatic heterocycles. The predicted octanol–water partition coefficient (Wildman–Crippen LogP) is 3.46. The van der Waals surface area contributed by atoms with Gasteiger partial charge in [0.2, 0.25) is 5.43 Å². The van der Waals surface area contributed by atoms with Crippen molar-refractivity contribution in [2.24, 2.45) is 0 Å². The predicted molar refractivity (Wildman–Crippen MR) is 109 cm³/mol. The van der Waals surface area contributed by atoms with E-state index < -0.39 is 29.0 Å². The number of aromatic nitrogens is 1. The summed E-state index contributed by atoms with van der Waals surface area (Å²) < 4.78 is 48.3. The molecule has 1 aromatic carbocycles. The number of carbonyl (C=O) groups is 1. The molecule has 3 rings (SSSR count). The number of benzene rings is 1. The van der Waals surface area contributed by atoms with Gasteiger partial charge in [-0.25, -0.2) is 17.8 Å². The maximum absolute atomic E-state index is 15.5. The number of esters is 1. The molecule has 29 heavy (non-hydrogen) atoms. The zero-order chi connectivity index (χ0) is 21.3. The molecule has 1 aliphatic rings. The van der Waals surface area contributed by atoms with E-state index in [9.17, 15) is 18.2 Å². The number of rotatable bonds is 4. The van der Waals surface area contributed by atoms with Crippen molar-refractivity contribution >= 4 is 33.0 Å². The number of hydrogen-bond acceptors (Lipinski definition) is 4. The van der Waals surface area contributed by atoms with Gasteiger partial charge in [-0.1, -0.05) is 17.7 Å². The van der Waals surface area contributed by atoms with Gasteiger partial charge in [-0.05, 0) is 32.9 Å². The average Bonchev–Trinajstić information content (AvgIpc) is 2.69. The molecular formula is C21H19F2NO4S. The molecule has 0 N–H and O–H groups in total. The first kappa shape index (κ1) is 20.9. The van der Waals surface area contributed by atoms with Crippen molar-refractivity contribution in [3.63, 3.8) is 0 Å². The molecule has 0 spiro atoms. The summed E-state index contributed by atoms with van der Waals surface area (Å²) in [5, 5.41) is -0.251. The van der Waals surface area contributed by atoms with Crippen LogP contribution >= 0.6 is 0 Å². The number of aryl methyl sites for hydroxylation is 1. The number of ether oxygens (including phenoxy) is 1. The summed E-state index contributed by atoms with van der Waals surface area (Å²) in [4.78, 5) is 25.1. The molecule has 5 nitrogen and oxygen atoms in total. The molecule has 8 heteroatoms. The molecule has 0 bridgehead atoms. The second kappa shape index (κ2) is 8.24. The molecule has 0 aliphatic heterocycles. The fourth-order valence-electron chi connectivity index (χ4n) is 3.41. The molecule has 0 saturated heterocycles. The zero-order valence-corrected chi connectivity index (χ0v) is 16.9. The summed E-state index contributed by atoms with van der Waals surface area (Å²) in [5.41, 5.74) is -0.708. The van der Waals surface area contributed by atoms with Crippen LogP contribution in [0, 0.1) is 11.6 Å². The van der Waals surface area contributed by atoms with Crippen LogP contribution in [-0.2, 0) is 22.5 Å². The Morgan fingerprint density at radius 1 is 1.31 bits per heavy atom. The van der Waals surface area contributed by atoms with Gasteiger partial charge in [-0.3, -0.25) is 4.79 Å². The van der Waals surface area contributed by atoms with Gasteiger partial charge in [0.25, 0.3) is 0 Å². The molecule has 2 aromatic rings. The van der Waals surface area contributed by atoms with Gasteiger partial charge < -0.3 is 9.30 Å². The standard InChI is InChI=1S/C21H19F2NO4S/c1-4-24-10-14(21(26)28-5-2)20(25)13-9-15(22)17(18(23)19(13)24)12-7-6-11(3)8-16(12)29-27/h6-10,12H,4-5H2,1-3H3. The van der Waals surface area contributed by atoms with Crippen LogP contribution in [0.3, 0.4) is 0 Å². The van der Waals surface area contributed by atoms with Crippen molar-refractivity contribution < 1.29 is 22.5 Å². The molecule has 1 unspecified atom stereocenters. The molecule has 0 saturated carbocycles. The molecule has 1 heterocycles. The zero-order valence-electron chi connectivity index (χ0n) is 16.1. The van der Waals surface area contributed by atoms with Crippen molar-refractivity contribution in [3.8, 4) is 0 Å². The van der Waals surface area contributed by atoms with Crippen molar-refractivity contribution in [2.45, 2.75) is 33.2 Å². The van der Waals surface area contributed by atoms with Crippen LogP contribution in [0.5, 0.6) is 0 Å². The maximum Gasteiger partial charge on any atom is 0.343 e. The fraction of sp³-hybridized carbons (Fsp3) is 0.286. The minimum Gasteiger partial charge on any atom is -0.462 e. The number of halogens is 2. The lowest BCUT2D eigenvalue weighted by atomic mass is 9.88. The third-order valence-electron chi connectivity index (χ3n) is 4.76. The summed E-state index contributed by atoms with van der Waals surface area (Å²) in [7, 11) is 0. The van der Waals surface area contributed by atoms with E-state index in [0.29, 0.717) is 0 Å². The van der Waals surface area contributed by atoms with Crippen LogP contribution in [0.1, 0.15) is 42.6 Å². The van der Waals surface area contributed by atoms with Gasteiger partial charge in [-0.2, -0.15) is 0 Å². The Morgan fingerprint density at radius 2 is 2.03 bits per heavy atom. The van der Waals surface area contributed by atoms with Gasteiger partial charge >= 0.3 is 5.97 Å². The van der Waals surface area contributed by atoms with Crippen LogP contribution in [0.4, 0.5) is 8.78 Å². The second-order valence-electron chi connectivity index (χ2n) is 6.57. The summed E-state index contributed by atoms with van der Waals surface area (Å²) in [6, 6.07) is 0.928. The highest BCUT2D eigenvalue weighted by Gasteiger charge is 2.28. The summed E-state index contributed by atoms with van der Waals surface area (Å²) in [6.45, 7) is 5.38. The summed E-state index contributed by atoms with van der Waals surface area (Å²) in [6.07, 6.45) is 6.05. The van der Waals surface area contributed by atoms with E-state index >= 15 is 4.39 Å². The highest BCUT2D eigenvalue weighted by Crippen LogP contribution is 2.32. The highest BCUT2D eigenvalue weighted by atomic mass is 32.1. The smallest absolute Gasteiger partial charge is 0.343 e. The van der Waals surface area contributed by atoms with Crippen molar-refractivity contribution in [1.29, 1.82) is 0 Å². The minimum absolute atomic E-state index is 0.0660. The van der Waals surface area contributed by atoms with Gasteiger partial charge in [0, 0.05) is 24.2 Å². The van der Waals surface area contributed by atoms with E-state index in [1.165, 1.54) is 10.8 Å². The first-order valence-electron chi connectivity index (χ1n) is 9.09. The topological polar surface area (TPSA) is 65.4 Å². The molecule has 1 aliphatic carbocycles. The molecule has 152 valence electrons. The molecule has 0 fully saturated rings. The SMILES string of the molecule is CCOC(=O)c1cn(CC)c2c(F)c(C3C=CC(C)=CC3=S=O)c(F)cc2c1=O. The number of hydrogen-bond donors (Lipinski definition) is 0. The number of allylic oxidation sites excluding steroid dienone is 4. The Kier molecular flexibility index (Phi) is 5.93. The van der Waals surface area contributed by atoms with Crippen LogP contribution < -0.4 is 5.43 Å². The first-order chi connectivity index (χ1) is 13.8. The average molecular weight is 419 g/mol. The Morgan fingerprint density at radius 3 is 2.66 bits per heavy atom. The molecular weight excluding hydrogens is 400 g/mol. The minimum atomic E-state index is -0.954. The third-order valence-corrected chi connectivity index (χ3v) is 5.32. The van der Waals surface area contributed by atoms with E-state index in [-0.39, 0.29) is 51.3 Å². The third kappa shape index (κ3) is 3.60. The fourth-order valence-corrected chi connectivity index (χ4v) is 3.94. The van der Waals surface area contributed by atoms with Gasteiger partial charge in [-0.15, -0.1) is 0 Å². The van der Waals surface area contributed by atoms with Crippen molar-refractivity contribution in [3.05, 3.63) is 69.0 Å². The maximum atomic E-state index is 15.5. The molecule has 0 radical (unpaired) electrons. The highest BCUT2D eigenvalue weighted by molar-refractivity contribution is 7.67. The van der Waals surface area contributed by atoms with Crippen molar-refractivity contribution in [2.75, 3.05) is 6.61 Å². The second-order valence-corrected chi connectivity index (χ2v) is 7.21. The lowest BCUT2D eigenvalue weighted by Gasteiger charge is -2.20. The Bertz CT molecular complexity index is 1190. The Balaban J connectivity index is 2.34. The van der Waals surface area contributed by atoms with E-state index in [2.05, 4.69) is 0 Å². The van der Waals surface area contributed by atoms with E-state index in [1.54, 1.807) is 39.0 Å². The lowest BCUT2D eigenvalue weighted by molar-refractivity contribution is 0.0524. The van der Waals surface area contributed by atoms with Crippen LogP contribution in [0.25, 0.3) is 10.9 Å². The monoisotopic (exact) mass is 419 g/mol. The van der Waals surface area contributed by atoms with Crippen molar-refractivity contribution in [1.82, 2.24) is 4.57 Å². The van der Waals surface area contributed by atoms with Gasteiger partial charge in [0.1, 0.15) is 11.4 Å². The van der Waals surface area contributed by atoms with Crippen LogP contribution in [0.15, 0.2) is 40.9 Å². The van der Waals surface area contributed by atoms with Crippen LogP contribution in [0.2, 0.25) is 0 Å². The first-order valence-corrected chi connectivity index (χ1v) is 9.83. The van der Waals surface area contributed by atoms with Gasteiger partial charge in [0.15, 0.2) is 5.82 Å². The Labute approximate surface area is 169 Å². The lowest BCUT2D eigenvalue weighted by Crippen LogP contribution is -2.23. The number of fused-ring (bicyclic) bond motifs is 1. The molecule has 0 amide bonds. The summed E-state index contributed by atoms with van der Waals surface area (Å²) >= 11 is 0.176. The Hall–Kier alpha value is -2.87. The van der Waals surface area contributed by atoms with E-state index in [0.717, 1.165) is 11.6 Å². The van der Waals surface area contributed by atoms with Crippen LogP contribution in [-0.4, -0.2) is 26.2 Å². The number of nitrogens with zero attached hydrogens (tertiary/aromatic N) is 1. The number of pyridine rings is 1. The van der Waals surface area contributed by atoms with E-state index in [1.807, 2.05) is 0 Å².